The van der Waals surface area contributed by atoms with E-state index in [2.05, 4.69) is 96.1 Å². The molecule has 0 aromatic carbocycles. The lowest BCUT2D eigenvalue weighted by molar-refractivity contribution is -0.207. The molecule has 0 aromatic heterocycles. The van der Waals surface area contributed by atoms with Gasteiger partial charge in [0.15, 0.2) is 0 Å². The molecule has 0 bridgehead atoms. The van der Waals surface area contributed by atoms with E-state index in [1.165, 1.54) is 82.9 Å². The van der Waals surface area contributed by atoms with E-state index in [-0.39, 0.29) is 0 Å². The molecule has 0 aromatic rings. The molecule has 0 amide bonds. The number of nitrogens with zero attached hydrogens (tertiary/aromatic N) is 2. The Labute approximate surface area is 229 Å². The fourth-order valence-electron chi connectivity index (χ4n) is 5.69. The minimum Gasteiger partial charge on any atom is -0.380 e. The van der Waals surface area contributed by atoms with Gasteiger partial charge in [-0.05, 0) is 109 Å². The fourth-order valence-corrected chi connectivity index (χ4v) is 7.22. The van der Waals surface area contributed by atoms with Crippen molar-refractivity contribution >= 4 is 11.8 Å². The zero-order valence-corrected chi connectivity index (χ0v) is 26.6. The van der Waals surface area contributed by atoms with Crippen molar-refractivity contribution in [2.24, 2.45) is 21.7 Å². The second-order valence-corrected chi connectivity index (χ2v) is 17.7. The van der Waals surface area contributed by atoms with Crippen molar-refractivity contribution in [1.82, 2.24) is 15.1 Å². The van der Waals surface area contributed by atoms with Gasteiger partial charge in [0.25, 0.3) is 0 Å². The molecule has 1 N–H and O–H groups in total. The van der Waals surface area contributed by atoms with Crippen molar-refractivity contribution < 1.29 is 4.74 Å². The van der Waals surface area contributed by atoms with Crippen molar-refractivity contribution in [2.45, 2.75) is 112 Å². The highest BCUT2D eigenvalue weighted by Gasteiger charge is 2.51. The molecule has 0 radical (unpaired) electrons. The number of nitrogens with one attached hydrogen (secondary N) is 1. The van der Waals surface area contributed by atoms with E-state index in [4.69, 9.17) is 4.74 Å². The zero-order valence-electron chi connectivity index (χ0n) is 25.8. The van der Waals surface area contributed by atoms with Crippen LogP contribution in [-0.4, -0.2) is 84.9 Å². The van der Waals surface area contributed by atoms with Crippen LogP contribution in [0.4, 0.5) is 0 Å². The molecule has 1 aliphatic carbocycles. The predicted octanol–water partition coefficient (Wildman–Crippen LogP) is 6.54. The molecule has 212 valence electrons. The van der Waals surface area contributed by atoms with Crippen LogP contribution in [-0.2, 0) is 4.74 Å². The van der Waals surface area contributed by atoms with Crippen LogP contribution >= 0.6 is 11.8 Å². The first kappa shape index (κ1) is 30.7. The summed E-state index contributed by atoms with van der Waals surface area (Å²) in [7, 11) is 0. The Morgan fingerprint density at radius 1 is 0.667 bits per heavy atom. The van der Waals surface area contributed by atoms with E-state index in [9.17, 15) is 0 Å². The number of thioether (sulfide) groups is 1. The predicted molar refractivity (Wildman–Crippen MR) is 159 cm³/mol. The quantitative estimate of drug-likeness (QED) is 0.389. The smallest absolute Gasteiger partial charge is 0.0569 e. The van der Waals surface area contributed by atoms with Gasteiger partial charge in [0.05, 0.1) is 13.2 Å². The zero-order chi connectivity index (χ0) is 26.9. The summed E-state index contributed by atoms with van der Waals surface area (Å²) in [6.45, 7) is 32.4. The normalized spacial score (nSPS) is 30.5. The van der Waals surface area contributed by atoms with Crippen LogP contribution in [0, 0.1) is 21.7 Å². The van der Waals surface area contributed by atoms with E-state index in [0.717, 1.165) is 18.6 Å². The third kappa shape index (κ3) is 9.14. The minimum absolute atomic E-state index is 0.362. The van der Waals surface area contributed by atoms with Gasteiger partial charge in [-0.3, -0.25) is 9.80 Å². The van der Waals surface area contributed by atoms with Crippen molar-refractivity contribution in [3.8, 4) is 0 Å². The van der Waals surface area contributed by atoms with Crippen molar-refractivity contribution in [3.05, 3.63) is 0 Å². The Kier molecular flexibility index (Phi) is 9.69. The maximum atomic E-state index is 5.21. The highest BCUT2D eigenvalue weighted by molar-refractivity contribution is 7.99. The third-order valence-electron chi connectivity index (χ3n) is 8.68. The summed E-state index contributed by atoms with van der Waals surface area (Å²) in [4.78, 5) is 5.19. The first-order valence-corrected chi connectivity index (χ1v) is 16.0. The van der Waals surface area contributed by atoms with Gasteiger partial charge in [-0.2, -0.15) is 11.8 Å². The van der Waals surface area contributed by atoms with Crippen LogP contribution < -0.4 is 5.32 Å². The van der Waals surface area contributed by atoms with Crippen LogP contribution in [0.2, 0.25) is 0 Å². The average molecular weight is 524 g/mol. The molecule has 6 aliphatic rings. The third-order valence-corrected chi connectivity index (χ3v) is 9.99. The van der Waals surface area contributed by atoms with Gasteiger partial charge in [0.2, 0.25) is 0 Å². The second kappa shape index (κ2) is 11.4. The van der Waals surface area contributed by atoms with Crippen molar-refractivity contribution in [2.75, 3.05) is 64.0 Å². The number of hydrogen-bond acceptors (Lipinski definition) is 5. The van der Waals surface area contributed by atoms with Crippen LogP contribution in [0.1, 0.15) is 101 Å². The number of ether oxygens (including phenoxy) is 1. The summed E-state index contributed by atoms with van der Waals surface area (Å²) in [6.07, 6.45) is 7.36. The molecular weight excluding hydrogens is 462 g/mol. The summed E-state index contributed by atoms with van der Waals surface area (Å²) in [5.74, 6) is 2.82. The van der Waals surface area contributed by atoms with Gasteiger partial charge < -0.3 is 10.1 Å². The Morgan fingerprint density at radius 3 is 1.53 bits per heavy atom. The molecular formula is C31H61N3OS. The molecule has 6 rings (SSSR count). The number of rotatable bonds is 0. The fraction of sp³-hybridized carbons (Fsp3) is 1.00. The average Bonchev–Trinajstić information content (AvgIpc) is 3.02. The monoisotopic (exact) mass is 523 g/mol. The number of likely N-dealkylation sites (tertiary alicyclic amines) is 2. The van der Waals surface area contributed by atoms with Gasteiger partial charge in [0, 0.05) is 48.4 Å². The van der Waals surface area contributed by atoms with Gasteiger partial charge in [-0.15, -0.1) is 0 Å². The van der Waals surface area contributed by atoms with E-state index < -0.39 is 0 Å². The van der Waals surface area contributed by atoms with Gasteiger partial charge >= 0.3 is 0 Å². The SMILES string of the molecule is C1CC2(CC2)CN1.CC(C)(C)C.CC(C)(C)N1CC2(COC2)C1.CC(C)(C)N1CCC2(CCSC2)C1. The molecule has 1 saturated carbocycles. The van der Waals surface area contributed by atoms with Crippen molar-refractivity contribution in [3.63, 3.8) is 0 Å². The maximum absolute atomic E-state index is 5.21. The van der Waals surface area contributed by atoms with Crippen LogP contribution in [0.25, 0.3) is 0 Å². The maximum Gasteiger partial charge on any atom is 0.0569 e. The Balaban J connectivity index is 0.000000142. The molecule has 36 heavy (non-hydrogen) atoms. The first-order valence-electron chi connectivity index (χ1n) is 14.8. The molecule has 5 heterocycles. The van der Waals surface area contributed by atoms with Gasteiger partial charge in [0.1, 0.15) is 0 Å². The highest BCUT2D eigenvalue weighted by atomic mass is 32.2. The lowest BCUT2D eigenvalue weighted by atomic mass is 9.75. The van der Waals surface area contributed by atoms with Crippen LogP contribution in [0.15, 0.2) is 0 Å². The van der Waals surface area contributed by atoms with Crippen LogP contribution in [0.3, 0.4) is 0 Å². The lowest BCUT2D eigenvalue weighted by Crippen LogP contribution is -2.69. The molecule has 5 heteroatoms. The summed E-state index contributed by atoms with van der Waals surface area (Å²) in [5, 5.41) is 3.38. The Morgan fingerprint density at radius 2 is 1.22 bits per heavy atom. The molecule has 6 fully saturated rings. The topological polar surface area (TPSA) is 27.7 Å². The Bertz CT molecular complexity index is 666. The van der Waals surface area contributed by atoms with Gasteiger partial charge in [-0.1, -0.05) is 27.7 Å². The highest BCUT2D eigenvalue weighted by Crippen LogP contribution is 2.50. The largest absolute Gasteiger partial charge is 0.380 e. The molecule has 5 saturated heterocycles. The summed E-state index contributed by atoms with van der Waals surface area (Å²) in [5.41, 5.74) is 3.36. The molecule has 3 spiro atoms. The summed E-state index contributed by atoms with van der Waals surface area (Å²) < 4.78 is 5.21. The van der Waals surface area contributed by atoms with Crippen LogP contribution in [0.5, 0.6) is 0 Å². The van der Waals surface area contributed by atoms with Gasteiger partial charge in [-0.25, -0.2) is 0 Å². The molecule has 1 atom stereocenters. The number of hydrogen-bond donors (Lipinski definition) is 1. The first-order chi connectivity index (χ1) is 16.5. The van der Waals surface area contributed by atoms with E-state index in [1.807, 2.05) is 0 Å². The molecule has 5 aliphatic heterocycles. The molecule has 4 nitrogen and oxygen atoms in total. The van der Waals surface area contributed by atoms with Crippen molar-refractivity contribution in [1.29, 1.82) is 0 Å². The standard InChI is InChI=1S/C11H21NS.C9H17NO.C6H11N.C5H12/c1-10(2,3)12-6-4-11(8-12)5-7-13-9-11;1-8(2,3)10-4-9(5-10)6-11-7-9;1-2-6(1)3-4-7-5-6;1-5(2,3)4/h4-9H2,1-3H3;4-7H2,1-3H3;7H,1-5H2;1-4H3. The lowest BCUT2D eigenvalue weighted by Gasteiger charge is -2.59. The summed E-state index contributed by atoms with van der Waals surface area (Å²) >= 11 is 2.16. The minimum atomic E-state index is 0.362. The second-order valence-electron chi connectivity index (χ2n) is 16.6. The van der Waals surface area contributed by atoms with E-state index >= 15 is 0 Å². The van der Waals surface area contributed by atoms with E-state index in [0.29, 0.717) is 27.3 Å². The summed E-state index contributed by atoms with van der Waals surface area (Å²) in [6, 6.07) is 0. The molecule has 1 unspecified atom stereocenters. The Hall–Kier alpha value is 0.190. The van der Waals surface area contributed by atoms with E-state index in [1.54, 1.807) is 0 Å².